The van der Waals surface area contributed by atoms with Crippen molar-refractivity contribution in [1.29, 1.82) is 0 Å². The molecule has 7 heteroatoms. The number of pyridine rings is 1. The highest BCUT2D eigenvalue weighted by atomic mass is 16.5. The molecule has 0 saturated carbocycles. The van der Waals surface area contributed by atoms with Crippen molar-refractivity contribution in [2.75, 3.05) is 32.1 Å². The molecule has 3 amide bonds. The van der Waals surface area contributed by atoms with Gasteiger partial charge >= 0.3 is 6.03 Å². The van der Waals surface area contributed by atoms with Gasteiger partial charge in [-0.25, -0.2) is 4.79 Å². The molecule has 7 nitrogen and oxygen atoms in total. The zero-order valence-electron chi connectivity index (χ0n) is 15.4. The Morgan fingerprint density at radius 1 is 1.15 bits per heavy atom. The summed E-state index contributed by atoms with van der Waals surface area (Å²) in [5.41, 5.74) is 1.27. The summed E-state index contributed by atoms with van der Waals surface area (Å²) in [6.07, 6.45) is 4.92. The molecule has 0 atom stereocenters. The van der Waals surface area contributed by atoms with Crippen LogP contribution in [-0.4, -0.2) is 48.6 Å². The van der Waals surface area contributed by atoms with Crippen LogP contribution in [0, 0.1) is 5.92 Å². The van der Waals surface area contributed by atoms with Gasteiger partial charge in [0, 0.05) is 37.6 Å². The lowest BCUT2D eigenvalue weighted by atomic mass is 9.97. The van der Waals surface area contributed by atoms with Gasteiger partial charge in [0.2, 0.25) is 0 Å². The Bertz CT molecular complexity index is 774. The summed E-state index contributed by atoms with van der Waals surface area (Å²) in [7, 11) is 1.58. The minimum atomic E-state index is -0.126. The summed E-state index contributed by atoms with van der Waals surface area (Å²) >= 11 is 0. The van der Waals surface area contributed by atoms with E-state index < -0.39 is 0 Å². The number of carbonyl (C=O) groups excluding carboxylic acids is 2. The average molecular weight is 368 g/mol. The number of nitrogens with one attached hydrogen (secondary N) is 2. The minimum absolute atomic E-state index is 0.0891. The van der Waals surface area contributed by atoms with Crippen molar-refractivity contribution >= 4 is 17.6 Å². The molecule has 3 rings (SSSR count). The fourth-order valence-corrected chi connectivity index (χ4v) is 3.12. The molecule has 0 unspecified atom stereocenters. The summed E-state index contributed by atoms with van der Waals surface area (Å²) < 4.78 is 5.26. The summed E-state index contributed by atoms with van der Waals surface area (Å²) in [4.78, 5) is 30.3. The molecule has 0 bridgehead atoms. The minimum Gasteiger partial charge on any atom is -0.495 e. The Hall–Kier alpha value is -3.09. The first kappa shape index (κ1) is 18.7. The van der Waals surface area contributed by atoms with Crippen LogP contribution in [0.1, 0.15) is 23.2 Å². The van der Waals surface area contributed by atoms with Gasteiger partial charge in [-0.1, -0.05) is 12.1 Å². The predicted octanol–water partition coefficient (Wildman–Crippen LogP) is 2.76. The number of ether oxygens (including phenoxy) is 1. The molecule has 1 aromatic carbocycles. The van der Waals surface area contributed by atoms with Crippen LogP contribution < -0.4 is 15.4 Å². The standard InChI is InChI=1S/C20H24N4O3/c1-27-18-5-3-2-4-17(18)23-20(26)24-12-8-15(9-13-24)14-22-19(25)16-6-10-21-11-7-16/h2-7,10-11,15H,8-9,12-14H2,1H3,(H,22,25)(H,23,26). The molecule has 27 heavy (non-hydrogen) atoms. The molecule has 2 N–H and O–H groups in total. The topological polar surface area (TPSA) is 83.6 Å². The highest BCUT2D eigenvalue weighted by Crippen LogP contribution is 2.24. The highest BCUT2D eigenvalue weighted by molar-refractivity contribution is 5.94. The number of para-hydroxylation sites is 2. The summed E-state index contributed by atoms with van der Waals surface area (Å²) in [5, 5.41) is 5.87. The van der Waals surface area contributed by atoms with Crippen molar-refractivity contribution in [2.45, 2.75) is 12.8 Å². The first-order valence-corrected chi connectivity index (χ1v) is 9.04. The lowest BCUT2D eigenvalue weighted by Crippen LogP contribution is -2.43. The van der Waals surface area contributed by atoms with Crippen molar-refractivity contribution in [1.82, 2.24) is 15.2 Å². The fourth-order valence-electron chi connectivity index (χ4n) is 3.12. The van der Waals surface area contributed by atoms with E-state index in [-0.39, 0.29) is 11.9 Å². The van der Waals surface area contributed by atoms with Crippen LogP contribution in [-0.2, 0) is 0 Å². The highest BCUT2D eigenvalue weighted by Gasteiger charge is 2.23. The Balaban J connectivity index is 1.44. The second-order valence-electron chi connectivity index (χ2n) is 6.51. The van der Waals surface area contributed by atoms with Crippen LogP contribution in [0.2, 0.25) is 0 Å². The monoisotopic (exact) mass is 368 g/mol. The van der Waals surface area contributed by atoms with E-state index in [1.165, 1.54) is 0 Å². The first-order valence-electron chi connectivity index (χ1n) is 9.04. The van der Waals surface area contributed by atoms with Gasteiger partial charge in [0.15, 0.2) is 0 Å². The van der Waals surface area contributed by atoms with Gasteiger partial charge in [0.05, 0.1) is 12.8 Å². The number of hydrogen-bond donors (Lipinski definition) is 2. The SMILES string of the molecule is COc1ccccc1NC(=O)N1CCC(CNC(=O)c2ccncc2)CC1. The van der Waals surface area contributed by atoms with Gasteiger partial charge in [-0.05, 0) is 43.0 Å². The van der Waals surface area contributed by atoms with Gasteiger partial charge < -0.3 is 20.3 Å². The van der Waals surface area contributed by atoms with Crippen LogP contribution in [0.25, 0.3) is 0 Å². The molecule has 1 aromatic heterocycles. The maximum Gasteiger partial charge on any atom is 0.321 e. The number of carbonyl (C=O) groups is 2. The second-order valence-corrected chi connectivity index (χ2v) is 6.51. The van der Waals surface area contributed by atoms with E-state index in [1.54, 1.807) is 36.5 Å². The van der Waals surface area contributed by atoms with Crippen LogP contribution in [0.15, 0.2) is 48.8 Å². The van der Waals surface area contributed by atoms with E-state index >= 15 is 0 Å². The predicted molar refractivity (Wildman–Crippen MR) is 103 cm³/mol. The average Bonchev–Trinajstić information content (AvgIpc) is 2.73. The first-order chi connectivity index (χ1) is 13.2. The zero-order valence-corrected chi connectivity index (χ0v) is 15.4. The number of aromatic nitrogens is 1. The lowest BCUT2D eigenvalue weighted by molar-refractivity contribution is 0.0938. The number of piperidine rings is 1. The second kappa shape index (κ2) is 9.02. The zero-order chi connectivity index (χ0) is 19.1. The molecule has 1 fully saturated rings. The fraction of sp³-hybridized carbons (Fsp3) is 0.350. The van der Waals surface area contributed by atoms with Crippen LogP contribution >= 0.6 is 0 Å². The Morgan fingerprint density at radius 2 is 1.85 bits per heavy atom. The maximum atomic E-state index is 12.5. The van der Waals surface area contributed by atoms with E-state index in [2.05, 4.69) is 15.6 Å². The van der Waals surface area contributed by atoms with Gasteiger partial charge in [0.1, 0.15) is 5.75 Å². The number of anilines is 1. The molecular formula is C20H24N4O3. The molecule has 1 aliphatic rings. The Labute approximate surface area is 158 Å². The molecule has 1 saturated heterocycles. The van der Waals surface area contributed by atoms with E-state index in [0.717, 1.165) is 12.8 Å². The number of rotatable bonds is 5. The van der Waals surface area contributed by atoms with Crippen molar-refractivity contribution < 1.29 is 14.3 Å². The van der Waals surface area contributed by atoms with Crippen LogP contribution in [0.4, 0.5) is 10.5 Å². The summed E-state index contributed by atoms with van der Waals surface area (Å²) in [6.45, 7) is 1.94. The van der Waals surface area contributed by atoms with Gasteiger partial charge in [-0.3, -0.25) is 9.78 Å². The normalized spacial score (nSPS) is 14.5. The van der Waals surface area contributed by atoms with Crippen LogP contribution in [0.3, 0.4) is 0 Å². The van der Waals surface area contributed by atoms with Gasteiger partial charge in [0.25, 0.3) is 5.91 Å². The lowest BCUT2D eigenvalue weighted by Gasteiger charge is -2.32. The van der Waals surface area contributed by atoms with Crippen LogP contribution in [0.5, 0.6) is 5.75 Å². The van der Waals surface area contributed by atoms with Gasteiger partial charge in [-0.15, -0.1) is 0 Å². The van der Waals surface area contributed by atoms with Crippen molar-refractivity contribution in [3.63, 3.8) is 0 Å². The molecular weight excluding hydrogens is 344 g/mol. The summed E-state index contributed by atoms with van der Waals surface area (Å²) in [5.74, 6) is 0.916. The largest absolute Gasteiger partial charge is 0.495 e. The third-order valence-corrected chi connectivity index (χ3v) is 4.74. The van der Waals surface area contributed by atoms with Crippen molar-refractivity contribution in [3.8, 4) is 5.75 Å². The maximum absolute atomic E-state index is 12.5. The number of benzene rings is 1. The van der Waals surface area contributed by atoms with Gasteiger partial charge in [-0.2, -0.15) is 0 Å². The Morgan fingerprint density at radius 3 is 2.56 bits per heavy atom. The molecule has 0 aliphatic carbocycles. The van der Waals surface area contributed by atoms with E-state index in [1.807, 2.05) is 24.3 Å². The van der Waals surface area contributed by atoms with Crippen molar-refractivity contribution in [2.24, 2.45) is 5.92 Å². The molecule has 1 aliphatic heterocycles. The molecule has 0 spiro atoms. The molecule has 0 radical (unpaired) electrons. The number of amides is 3. The third-order valence-electron chi connectivity index (χ3n) is 4.74. The Kier molecular flexibility index (Phi) is 6.25. The smallest absolute Gasteiger partial charge is 0.321 e. The summed E-state index contributed by atoms with van der Waals surface area (Å²) in [6, 6.07) is 10.6. The quantitative estimate of drug-likeness (QED) is 0.850. The molecule has 142 valence electrons. The number of hydrogen-bond acceptors (Lipinski definition) is 4. The van der Waals surface area contributed by atoms with Crippen molar-refractivity contribution in [3.05, 3.63) is 54.4 Å². The van der Waals surface area contributed by atoms with E-state index in [4.69, 9.17) is 4.74 Å². The molecule has 2 heterocycles. The number of likely N-dealkylation sites (tertiary alicyclic amines) is 1. The third kappa shape index (κ3) is 4.97. The van der Waals surface area contributed by atoms with E-state index in [9.17, 15) is 9.59 Å². The number of urea groups is 1. The number of methoxy groups -OCH3 is 1. The van der Waals surface area contributed by atoms with E-state index in [0.29, 0.717) is 42.6 Å². The molecule has 2 aromatic rings. The number of nitrogens with zero attached hydrogens (tertiary/aromatic N) is 2.